The molecule has 0 saturated carbocycles. The van der Waals surface area contributed by atoms with Crippen LogP contribution in [0, 0.1) is 0 Å². The van der Waals surface area contributed by atoms with E-state index >= 15 is 0 Å². The molecule has 0 atom stereocenters. The van der Waals surface area contributed by atoms with Crippen molar-refractivity contribution >= 4 is 15.8 Å². The summed E-state index contributed by atoms with van der Waals surface area (Å²) in [6.07, 6.45) is 8.74. The van der Waals surface area contributed by atoms with E-state index in [0.29, 0.717) is 11.6 Å². The molecular formula is C26H36N14P2Pt+2. The molecule has 10 heterocycles. The van der Waals surface area contributed by atoms with Gasteiger partial charge in [0.15, 0.2) is 0 Å². The van der Waals surface area contributed by atoms with Crippen LogP contribution in [0.3, 0.4) is 0 Å². The van der Waals surface area contributed by atoms with Gasteiger partial charge in [-0.2, -0.15) is 0 Å². The van der Waals surface area contributed by atoms with Gasteiger partial charge in [-0.05, 0) is 11.1 Å². The van der Waals surface area contributed by atoms with E-state index in [9.17, 15) is 0 Å². The Hall–Kier alpha value is -2.11. The van der Waals surface area contributed by atoms with Gasteiger partial charge in [-0.15, -0.1) is 0 Å². The SMILES string of the molecule is C1N2CN3CN1C[PH+](C2)C3.C1N2CN3CN1C[PH+](C2)C3.[Pt+2].c1ccc(-c2nn[n-]n2)cc1.c1ccc(-c2nn[n-]n2)cc1. The fourth-order valence-corrected chi connectivity index (χ4v) is 12.1. The van der Waals surface area contributed by atoms with Crippen molar-refractivity contribution in [3.05, 3.63) is 60.7 Å². The molecule has 8 saturated heterocycles. The van der Waals surface area contributed by atoms with Gasteiger partial charge in [0.05, 0.1) is 51.7 Å². The Balaban J connectivity index is 0.000000101. The number of aromatic nitrogens is 8. The first-order valence-electron chi connectivity index (χ1n) is 14.2. The van der Waals surface area contributed by atoms with Crippen LogP contribution in [0.15, 0.2) is 60.7 Å². The Morgan fingerprint density at radius 3 is 1.00 bits per heavy atom. The molecule has 0 amide bonds. The van der Waals surface area contributed by atoms with Crippen molar-refractivity contribution in [3.63, 3.8) is 0 Å². The Morgan fingerprint density at radius 1 is 0.465 bits per heavy atom. The van der Waals surface area contributed by atoms with E-state index in [1.54, 1.807) is 0 Å². The first kappa shape index (κ1) is 30.9. The molecule has 8 aliphatic heterocycles. The molecular weight excluding hydrogens is 765 g/mol. The minimum Gasteiger partial charge on any atom is -0.331 e. The molecule has 228 valence electrons. The molecule has 2 aromatic heterocycles. The molecule has 8 aliphatic rings. The van der Waals surface area contributed by atoms with Crippen molar-refractivity contribution in [1.82, 2.24) is 70.6 Å². The quantitative estimate of drug-likeness (QED) is 0.265. The molecule has 43 heavy (non-hydrogen) atoms. The largest absolute Gasteiger partial charge is 2.00 e. The standard InChI is InChI=1S/2C7H5N4.2C6H12N3P.Pt/c2*1-2-4-6(5-3-1)7-8-10-11-9-7;2*1-7-2-9-3-8(1)5-10(4-7)6-9;/h2*1-5H;2*1-6H2;/q2*-1;;;+2/p+2. The molecule has 0 N–H and O–H groups in total. The average molecular weight is 802 g/mol. The predicted molar refractivity (Wildman–Crippen MR) is 163 cm³/mol. The van der Waals surface area contributed by atoms with Crippen molar-refractivity contribution in [2.75, 3.05) is 77.7 Å². The monoisotopic (exact) mass is 801 g/mol. The molecule has 0 spiro atoms. The van der Waals surface area contributed by atoms with Gasteiger partial charge in [-0.3, -0.25) is 20.9 Å². The molecule has 8 bridgehead atoms. The van der Waals surface area contributed by atoms with Crippen LogP contribution in [-0.2, 0) is 21.1 Å². The van der Waals surface area contributed by atoms with Crippen LogP contribution in [0.25, 0.3) is 22.8 Å². The Morgan fingerprint density at radius 2 is 0.767 bits per heavy atom. The second kappa shape index (κ2) is 14.8. The number of rotatable bonds is 2. The fraction of sp³-hybridized carbons (Fsp3) is 0.462. The summed E-state index contributed by atoms with van der Waals surface area (Å²) in [5.41, 5.74) is 1.88. The zero-order valence-electron chi connectivity index (χ0n) is 23.8. The summed E-state index contributed by atoms with van der Waals surface area (Å²) in [6, 6.07) is 19.2. The second-order valence-electron chi connectivity index (χ2n) is 11.5. The van der Waals surface area contributed by atoms with Crippen LogP contribution in [0.1, 0.15) is 0 Å². The molecule has 8 fully saturated rings. The molecule has 4 aromatic rings. The molecule has 2 aromatic carbocycles. The number of hydrogen-bond donors (Lipinski definition) is 0. The number of tetrazole rings is 2. The maximum atomic E-state index is 3.71. The van der Waals surface area contributed by atoms with Gasteiger partial charge < -0.3 is 10.2 Å². The van der Waals surface area contributed by atoms with Crippen LogP contribution in [0.5, 0.6) is 0 Å². The summed E-state index contributed by atoms with van der Waals surface area (Å²) in [7, 11) is 0.0594. The second-order valence-corrected chi connectivity index (χ2v) is 16.4. The van der Waals surface area contributed by atoms with Gasteiger partial charge >= 0.3 is 21.1 Å². The smallest absolute Gasteiger partial charge is 0.331 e. The van der Waals surface area contributed by atoms with Crippen molar-refractivity contribution in [3.8, 4) is 22.8 Å². The van der Waals surface area contributed by atoms with Gasteiger partial charge in [0.1, 0.15) is 37.7 Å². The van der Waals surface area contributed by atoms with Gasteiger partial charge in [0.2, 0.25) is 0 Å². The summed E-state index contributed by atoms with van der Waals surface area (Å²) in [4.78, 5) is 15.5. The molecule has 12 rings (SSSR count). The molecule has 0 radical (unpaired) electrons. The Bertz CT molecular complexity index is 1150. The van der Waals surface area contributed by atoms with E-state index in [2.05, 4.69) is 70.6 Å². The van der Waals surface area contributed by atoms with Crippen molar-refractivity contribution in [2.45, 2.75) is 0 Å². The van der Waals surface area contributed by atoms with Crippen molar-refractivity contribution in [2.24, 2.45) is 0 Å². The normalized spacial score (nSPS) is 31.8. The average Bonchev–Trinajstić information content (AvgIpc) is 3.74. The number of hydrogen-bond acceptors (Lipinski definition) is 12. The van der Waals surface area contributed by atoms with Gasteiger partial charge in [0.25, 0.3) is 0 Å². The summed E-state index contributed by atoms with van der Waals surface area (Å²) < 4.78 is 0. The van der Waals surface area contributed by atoms with E-state index in [1.165, 1.54) is 77.7 Å². The minimum atomic E-state index is 0. The minimum absolute atomic E-state index is 0. The summed E-state index contributed by atoms with van der Waals surface area (Å²) >= 11 is 0. The number of nitrogens with zero attached hydrogens (tertiary/aromatic N) is 14. The van der Waals surface area contributed by atoms with E-state index in [4.69, 9.17) is 0 Å². The van der Waals surface area contributed by atoms with Crippen molar-refractivity contribution in [1.29, 1.82) is 0 Å². The maximum Gasteiger partial charge on any atom is 2.00 e. The zero-order chi connectivity index (χ0) is 28.1. The third kappa shape index (κ3) is 8.14. The van der Waals surface area contributed by atoms with Crippen LogP contribution >= 0.6 is 15.8 Å². The topological polar surface area (TPSA) is 125 Å². The van der Waals surface area contributed by atoms with E-state index in [0.717, 1.165) is 11.1 Å². The first-order valence-corrected chi connectivity index (χ1v) is 18.5. The Labute approximate surface area is 267 Å². The van der Waals surface area contributed by atoms with Gasteiger partial charge in [-0.1, -0.05) is 60.7 Å². The molecule has 17 heteroatoms. The number of benzene rings is 2. The third-order valence-electron chi connectivity index (χ3n) is 7.79. The van der Waals surface area contributed by atoms with E-state index in [1.807, 2.05) is 60.7 Å². The van der Waals surface area contributed by atoms with E-state index in [-0.39, 0.29) is 36.9 Å². The van der Waals surface area contributed by atoms with Gasteiger partial charge in [-0.25, -0.2) is 39.6 Å². The Kier molecular flexibility index (Phi) is 10.6. The summed E-state index contributed by atoms with van der Waals surface area (Å²) in [6.45, 7) is 7.53. The van der Waals surface area contributed by atoms with Crippen molar-refractivity contribution < 1.29 is 21.1 Å². The van der Waals surface area contributed by atoms with Gasteiger partial charge in [0, 0.05) is 15.8 Å². The maximum absolute atomic E-state index is 3.71. The van der Waals surface area contributed by atoms with Crippen LogP contribution in [0.2, 0.25) is 0 Å². The first-order chi connectivity index (χ1) is 20.7. The zero-order valence-corrected chi connectivity index (χ0v) is 28.1. The van der Waals surface area contributed by atoms with E-state index < -0.39 is 0 Å². The summed E-state index contributed by atoms with van der Waals surface area (Å²) in [5, 5.41) is 28.4. The van der Waals surface area contributed by atoms with Crippen LogP contribution in [-0.4, -0.2) is 138 Å². The molecule has 14 nitrogen and oxygen atoms in total. The molecule has 0 unspecified atom stereocenters. The van der Waals surface area contributed by atoms with Crippen LogP contribution in [0.4, 0.5) is 0 Å². The fourth-order valence-electron chi connectivity index (χ4n) is 6.46. The summed E-state index contributed by atoms with van der Waals surface area (Å²) in [5.74, 6) is 1.15. The predicted octanol–water partition coefficient (Wildman–Crippen LogP) is 0.774. The third-order valence-corrected chi connectivity index (χ3v) is 13.2. The molecule has 0 aliphatic carbocycles. The van der Waals surface area contributed by atoms with Crippen LogP contribution < -0.4 is 10.4 Å².